The van der Waals surface area contributed by atoms with Gasteiger partial charge in [-0.05, 0) is 49.8 Å². The molecule has 112 valence electrons. The number of fused-ring (bicyclic) bond motifs is 2. The Morgan fingerprint density at radius 1 is 1.10 bits per heavy atom. The second kappa shape index (κ2) is 6.41. The number of aryl methyl sites for hydroxylation is 1. The Hall–Kier alpha value is -0.990. The number of hydrogen-bond donors (Lipinski definition) is 1. The number of benzene rings is 1. The summed E-state index contributed by atoms with van der Waals surface area (Å²) in [6, 6.07) is 3.71. The number of anilines is 1. The molecule has 1 N–H and O–H groups in total. The Bertz CT molecular complexity index is 668. The first-order chi connectivity index (χ1) is 10.2. The van der Waals surface area contributed by atoms with Crippen LogP contribution in [0.2, 0.25) is 10.0 Å². The standard InChI is InChI=1S/C17H20Cl2N2/c1-2-10-20-16-11-6-4-3-5-7-14(11)21-17-13(19)9-8-12(18)15(16)17/h8-9H,2-7,10H2,1H3,(H,20,21). The van der Waals surface area contributed by atoms with Gasteiger partial charge in [-0.25, -0.2) is 0 Å². The molecule has 1 aliphatic rings. The van der Waals surface area contributed by atoms with Gasteiger partial charge in [0.25, 0.3) is 0 Å². The fourth-order valence-corrected chi connectivity index (χ4v) is 3.52. The van der Waals surface area contributed by atoms with E-state index in [1.165, 1.54) is 30.5 Å². The zero-order valence-corrected chi connectivity index (χ0v) is 13.8. The van der Waals surface area contributed by atoms with Crippen molar-refractivity contribution in [3.63, 3.8) is 0 Å². The summed E-state index contributed by atoms with van der Waals surface area (Å²) in [6.45, 7) is 3.11. The third kappa shape index (κ3) is 2.84. The molecule has 0 amide bonds. The normalized spacial score (nSPS) is 14.8. The highest BCUT2D eigenvalue weighted by Gasteiger charge is 2.19. The number of aromatic nitrogens is 1. The number of halogens is 2. The fourth-order valence-electron chi connectivity index (χ4n) is 3.08. The SMILES string of the molecule is CCCNc1c2c(nc3c(Cl)ccc(Cl)c13)CCCCC2. The van der Waals surface area contributed by atoms with Crippen molar-refractivity contribution in [2.45, 2.75) is 45.4 Å². The summed E-state index contributed by atoms with van der Waals surface area (Å²) in [7, 11) is 0. The first kappa shape index (κ1) is 14.9. The monoisotopic (exact) mass is 322 g/mol. The molecule has 3 rings (SSSR count). The second-order valence-corrected chi connectivity index (χ2v) is 6.47. The molecule has 1 aromatic heterocycles. The number of hydrogen-bond acceptors (Lipinski definition) is 2. The highest BCUT2D eigenvalue weighted by atomic mass is 35.5. The van der Waals surface area contributed by atoms with Crippen molar-refractivity contribution in [2.75, 3.05) is 11.9 Å². The summed E-state index contributed by atoms with van der Waals surface area (Å²) in [5.41, 5.74) is 4.54. The van der Waals surface area contributed by atoms with E-state index in [0.717, 1.165) is 47.4 Å². The van der Waals surface area contributed by atoms with Crippen LogP contribution < -0.4 is 5.32 Å². The molecular formula is C17H20Cl2N2. The first-order valence-corrected chi connectivity index (χ1v) is 8.51. The maximum atomic E-state index is 6.46. The van der Waals surface area contributed by atoms with Crippen molar-refractivity contribution in [3.05, 3.63) is 33.4 Å². The second-order valence-electron chi connectivity index (χ2n) is 5.65. The van der Waals surface area contributed by atoms with E-state index in [1.807, 2.05) is 12.1 Å². The molecule has 1 aromatic carbocycles. The van der Waals surface area contributed by atoms with Crippen LogP contribution in [0.1, 0.15) is 43.9 Å². The minimum Gasteiger partial charge on any atom is -0.384 e. The average molecular weight is 323 g/mol. The molecule has 0 saturated heterocycles. The van der Waals surface area contributed by atoms with Crippen molar-refractivity contribution >= 4 is 39.8 Å². The van der Waals surface area contributed by atoms with E-state index in [1.54, 1.807) is 0 Å². The lowest BCUT2D eigenvalue weighted by Crippen LogP contribution is -2.08. The predicted molar refractivity (Wildman–Crippen MR) is 91.8 cm³/mol. The number of nitrogens with zero attached hydrogens (tertiary/aromatic N) is 1. The van der Waals surface area contributed by atoms with Gasteiger partial charge in [0.15, 0.2) is 0 Å². The van der Waals surface area contributed by atoms with Crippen LogP contribution in [-0.4, -0.2) is 11.5 Å². The van der Waals surface area contributed by atoms with E-state index in [4.69, 9.17) is 28.2 Å². The lowest BCUT2D eigenvalue weighted by atomic mass is 10.0. The average Bonchev–Trinajstić information content (AvgIpc) is 2.73. The van der Waals surface area contributed by atoms with Crippen LogP contribution in [0, 0.1) is 0 Å². The minimum absolute atomic E-state index is 0.681. The Morgan fingerprint density at radius 2 is 1.86 bits per heavy atom. The summed E-state index contributed by atoms with van der Waals surface area (Å²) in [6.07, 6.45) is 6.89. The Morgan fingerprint density at radius 3 is 2.67 bits per heavy atom. The van der Waals surface area contributed by atoms with Gasteiger partial charge in [-0.3, -0.25) is 4.98 Å². The summed E-state index contributed by atoms with van der Waals surface area (Å²) < 4.78 is 0. The third-order valence-electron chi connectivity index (χ3n) is 4.12. The van der Waals surface area contributed by atoms with Crippen LogP contribution in [0.15, 0.2) is 12.1 Å². The van der Waals surface area contributed by atoms with Gasteiger partial charge < -0.3 is 5.32 Å². The maximum absolute atomic E-state index is 6.46. The molecule has 0 bridgehead atoms. The summed E-state index contributed by atoms with van der Waals surface area (Å²) in [5, 5.41) is 5.97. The summed E-state index contributed by atoms with van der Waals surface area (Å²) in [5.74, 6) is 0. The van der Waals surface area contributed by atoms with Gasteiger partial charge in [0.1, 0.15) is 0 Å². The highest BCUT2D eigenvalue weighted by Crippen LogP contribution is 2.39. The zero-order valence-electron chi connectivity index (χ0n) is 12.3. The van der Waals surface area contributed by atoms with Gasteiger partial charge in [0.2, 0.25) is 0 Å². The molecule has 0 atom stereocenters. The van der Waals surface area contributed by atoms with Gasteiger partial charge in [-0.2, -0.15) is 0 Å². The Labute approximate surface area is 135 Å². The Kier molecular flexibility index (Phi) is 4.56. The van der Waals surface area contributed by atoms with E-state index in [0.29, 0.717) is 5.02 Å². The number of pyridine rings is 1. The third-order valence-corrected chi connectivity index (χ3v) is 4.74. The van der Waals surface area contributed by atoms with Gasteiger partial charge in [0.05, 0.1) is 21.2 Å². The molecular weight excluding hydrogens is 303 g/mol. The number of rotatable bonds is 3. The van der Waals surface area contributed by atoms with Crippen LogP contribution in [-0.2, 0) is 12.8 Å². The van der Waals surface area contributed by atoms with Crippen LogP contribution in [0.25, 0.3) is 10.9 Å². The molecule has 0 fully saturated rings. The lowest BCUT2D eigenvalue weighted by Gasteiger charge is -2.18. The minimum atomic E-state index is 0.681. The molecule has 0 radical (unpaired) electrons. The van der Waals surface area contributed by atoms with Gasteiger partial charge in [-0.1, -0.05) is 36.5 Å². The molecule has 1 heterocycles. The zero-order chi connectivity index (χ0) is 14.8. The Balaban J connectivity index is 2.29. The molecule has 0 aliphatic heterocycles. The van der Waals surface area contributed by atoms with Crippen LogP contribution in [0.3, 0.4) is 0 Å². The van der Waals surface area contributed by atoms with Gasteiger partial charge in [-0.15, -0.1) is 0 Å². The smallest absolute Gasteiger partial charge is 0.0927 e. The molecule has 0 unspecified atom stereocenters. The van der Waals surface area contributed by atoms with Crippen LogP contribution in [0.4, 0.5) is 5.69 Å². The highest BCUT2D eigenvalue weighted by molar-refractivity contribution is 6.41. The largest absolute Gasteiger partial charge is 0.384 e. The molecule has 0 saturated carbocycles. The quantitative estimate of drug-likeness (QED) is 0.740. The van der Waals surface area contributed by atoms with E-state index >= 15 is 0 Å². The van der Waals surface area contributed by atoms with Gasteiger partial charge >= 0.3 is 0 Å². The van der Waals surface area contributed by atoms with Crippen molar-refractivity contribution < 1.29 is 0 Å². The van der Waals surface area contributed by atoms with Crippen molar-refractivity contribution in [3.8, 4) is 0 Å². The lowest BCUT2D eigenvalue weighted by molar-refractivity contribution is 0.709. The molecule has 4 heteroatoms. The van der Waals surface area contributed by atoms with E-state index < -0.39 is 0 Å². The van der Waals surface area contributed by atoms with Gasteiger partial charge in [0, 0.05) is 17.6 Å². The maximum Gasteiger partial charge on any atom is 0.0927 e. The van der Waals surface area contributed by atoms with E-state index in [-0.39, 0.29) is 0 Å². The van der Waals surface area contributed by atoms with E-state index in [2.05, 4.69) is 12.2 Å². The summed E-state index contributed by atoms with van der Waals surface area (Å²) in [4.78, 5) is 4.85. The van der Waals surface area contributed by atoms with Crippen molar-refractivity contribution in [2.24, 2.45) is 0 Å². The van der Waals surface area contributed by atoms with Crippen molar-refractivity contribution in [1.82, 2.24) is 4.98 Å². The fraction of sp³-hybridized carbons (Fsp3) is 0.471. The molecule has 21 heavy (non-hydrogen) atoms. The molecule has 2 nitrogen and oxygen atoms in total. The predicted octanol–water partition coefficient (Wildman–Crippen LogP) is 5.63. The summed E-state index contributed by atoms with van der Waals surface area (Å²) >= 11 is 12.8. The first-order valence-electron chi connectivity index (χ1n) is 7.75. The van der Waals surface area contributed by atoms with Crippen molar-refractivity contribution in [1.29, 1.82) is 0 Å². The van der Waals surface area contributed by atoms with Crippen LogP contribution in [0.5, 0.6) is 0 Å². The van der Waals surface area contributed by atoms with E-state index in [9.17, 15) is 0 Å². The number of nitrogens with one attached hydrogen (secondary N) is 1. The van der Waals surface area contributed by atoms with Crippen LogP contribution >= 0.6 is 23.2 Å². The molecule has 1 aliphatic carbocycles. The molecule has 0 spiro atoms. The molecule has 2 aromatic rings. The topological polar surface area (TPSA) is 24.9 Å².